The fourth-order valence-electron chi connectivity index (χ4n) is 2.17. The van der Waals surface area contributed by atoms with Crippen LogP contribution in [0.25, 0.3) is 0 Å². The van der Waals surface area contributed by atoms with Crippen molar-refractivity contribution >= 4 is 11.6 Å². The Kier molecular flexibility index (Phi) is 4.32. The topological polar surface area (TPSA) is 58.9 Å². The highest BCUT2D eigenvalue weighted by molar-refractivity contribution is 6.32. The van der Waals surface area contributed by atoms with Crippen LogP contribution in [0.15, 0.2) is 12.1 Å². The van der Waals surface area contributed by atoms with Crippen LogP contribution in [0.1, 0.15) is 24.8 Å². The summed E-state index contributed by atoms with van der Waals surface area (Å²) in [5.74, 6) is 0.910. The number of halogens is 1. The SMILES string of the molecule is COc1cc(CO)cc(Cl)c1OC1CCCC1O. The second kappa shape index (κ2) is 5.78. The predicted molar refractivity (Wildman–Crippen MR) is 68.2 cm³/mol. The van der Waals surface area contributed by atoms with Gasteiger partial charge in [-0.15, -0.1) is 0 Å². The fourth-order valence-corrected chi connectivity index (χ4v) is 2.45. The quantitative estimate of drug-likeness (QED) is 0.882. The standard InChI is InChI=1S/C13H17ClO4/c1-17-12-6-8(7-15)5-9(14)13(12)18-11-4-2-3-10(11)16/h5-6,10-11,15-16H,2-4,7H2,1H3. The van der Waals surface area contributed by atoms with Crippen LogP contribution in [0.5, 0.6) is 11.5 Å². The maximum absolute atomic E-state index is 9.76. The first-order valence-corrected chi connectivity index (χ1v) is 6.35. The van der Waals surface area contributed by atoms with Crippen LogP contribution in [-0.2, 0) is 6.61 Å². The van der Waals surface area contributed by atoms with E-state index in [1.807, 2.05) is 0 Å². The lowest BCUT2D eigenvalue weighted by atomic mass is 10.2. The summed E-state index contributed by atoms with van der Waals surface area (Å²) in [6, 6.07) is 3.32. The molecule has 0 amide bonds. The number of rotatable bonds is 4. The van der Waals surface area contributed by atoms with Gasteiger partial charge in [0.25, 0.3) is 0 Å². The molecule has 5 heteroatoms. The maximum Gasteiger partial charge on any atom is 0.180 e. The number of benzene rings is 1. The molecule has 0 radical (unpaired) electrons. The summed E-state index contributed by atoms with van der Waals surface area (Å²) in [7, 11) is 1.52. The molecule has 0 saturated heterocycles. The molecule has 1 aliphatic rings. The highest BCUT2D eigenvalue weighted by Crippen LogP contribution is 2.39. The van der Waals surface area contributed by atoms with Gasteiger partial charge in [0.15, 0.2) is 11.5 Å². The first kappa shape index (κ1) is 13.5. The summed E-state index contributed by atoms with van der Waals surface area (Å²) in [6.07, 6.45) is 1.81. The molecular formula is C13H17ClO4. The van der Waals surface area contributed by atoms with E-state index in [1.54, 1.807) is 12.1 Å². The van der Waals surface area contributed by atoms with E-state index in [9.17, 15) is 5.11 Å². The van der Waals surface area contributed by atoms with Gasteiger partial charge < -0.3 is 19.7 Å². The number of aliphatic hydroxyl groups is 2. The molecule has 0 heterocycles. The molecule has 2 atom stereocenters. The lowest BCUT2D eigenvalue weighted by molar-refractivity contribution is 0.0586. The van der Waals surface area contributed by atoms with Gasteiger partial charge in [0.2, 0.25) is 0 Å². The van der Waals surface area contributed by atoms with E-state index in [2.05, 4.69) is 0 Å². The zero-order chi connectivity index (χ0) is 13.1. The van der Waals surface area contributed by atoms with Gasteiger partial charge in [0.05, 0.1) is 24.8 Å². The molecule has 2 rings (SSSR count). The number of ether oxygens (including phenoxy) is 2. The van der Waals surface area contributed by atoms with E-state index >= 15 is 0 Å². The summed E-state index contributed by atoms with van der Waals surface area (Å²) in [5, 5.41) is 19.2. The van der Waals surface area contributed by atoms with E-state index in [0.29, 0.717) is 22.1 Å². The van der Waals surface area contributed by atoms with Gasteiger partial charge >= 0.3 is 0 Å². The van der Waals surface area contributed by atoms with Crippen LogP contribution in [-0.4, -0.2) is 29.5 Å². The zero-order valence-corrected chi connectivity index (χ0v) is 11.0. The fraction of sp³-hybridized carbons (Fsp3) is 0.538. The predicted octanol–water partition coefficient (Wildman–Crippen LogP) is 2.13. The molecule has 0 aliphatic heterocycles. The van der Waals surface area contributed by atoms with E-state index in [1.165, 1.54) is 7.11 Å². The lowest BCUT2D eigenvalue weighted by Gasteiger charge is -2.20. The number of aliphatic hydroxyl groups excluding tert-OH is 2. The molecule has 1 aromatic rings. The molecule has 0 aromatic heterocycles. The number of hydrogen-bond donors (Lipinski definition) is 2. The van der Waals surface area contributed by atoms with Crippen LogP contribution < -0.4 is 9.47 Å². The molecule has 100 valence electrons. The van der Waals surface area contributed by atoms with Crippen molar-refractivity contribution in [2.24, 2.45) is 0 Å². The minimum Gasteiger partial charge on any atom is -0.493 e. The highest BCUT2D eigenvalue weighted by Gasteiger charge is 2.28. The molecule has 4 nitrogen and oxygen atoms in total. The molecule has 0 spiro atoms. The Bertz CT molecular complexity index is 422. The van der Waals surface area contributed by atoms with Crippen molar-refractivity contribution < 1.29 is 19.7 Å². The molecule has 1 fully saturated rings. The Balaban J connectivity index is 2.25. The Morgan fingerprint density at radius 3 is 2.72 bits per heavy atom. The summed E-state index contributed by atoms with van der Waals surface area (Å²) < 4.78 is 11.0. The second-order valence-corrected chi connectivity index (χ2v) is 4.83. The molecule has 2 N–H and O–H groups in total. The minimum absolute atomic E-state index is 0.109. The van der Waals surface area contributed by atoms with E-state index in [4.69, 9.17) is 26.2 Å². The van der Waals surface area contributed by atoms with Gasteiger partial charge in [0.1, 0.15) is 6.10 Å². The molecule has 2 unspecified atom stereocenters. The summed E-state index contributed by atoms with van der Waals surface area (Å²) in [4.78, 5) is 0. The van der Waals surface area contributed by atoms with Crippen molar-refractivity contribution in [3.05, 3.63) is 22.7 Å². The minimum atomic E-state index is -0.455. The van der Waals surface area contributed by atoms with Gasteiger partial charge in [-0.25, -0.2) is 0 Å². The molecule has 18 heavy (non-hydrogen) atoms. The monoisotopic (exact) mass is 272 g/mol. The highest BCUT2D eigenvalue weighted by atomic mass is 35.5. The van der Waals surface area contributed by atoms with Crippen LogP contribution in [0.3, 0.4) is 0 Å². The van der Waals surface area contributed by atoms with Crippen LogP contribution >= 0.6 is 11.6 Å². The molecule has 1 saturated carbocycles. The first-order chi connectivity index (χ1) is 8.65. The number of hydrogen-bond acceptors (Lipinski definition) is 4. The zero-order valence-electron chi connectivity index (χ0n) is 10.2. The van der Waals surface area contributed by atoms with Crippen LogP contribution in [0.4, 0.5) is 0 Å². The van der Waals surface area contributed by atoms with Gasteiger partial charge in [-0.1, -0.05) is 11.6 Å². The van der Waals surface area contributed by atoms with Crippen molar-refractivity contribution in [3.8, 4) is 11.5 Å². The average molecular weight is 273 g/mol. The van der Waals surface area contributed by atoms with E-state index < -0.39 is 6.10 Å². The molecule has 1 aliphatic carbocycles. The van der Waals surface area contributed by atoms with Crippen molar-refractivity contribution in [1.82, 2.24) is 0 Å². The smallest absolute Gasteiger partial charge is 0.180 e. The Labute approximate surface area is 111 Å². The van der Waals surface area contributed by atoms with Crippen molar-refractivity contribution in [1.29, 1.82) is 0 Å². The third-order valence-electron chi connectivity index (χ3n) is 3.16. The van der Waals surface area contributed by atoms with Gasteiger partial charge in [-0.05, 0) is 37.0 Å². The molecule has 0 bridgehead atoms. The van der Waals surface area contributed by atoms with Gasteiger partial charge in [-0.2, -0.15) is 0 Å². The Hall–Kier alpha value is -0.970. The van der Waals surface area contributed by atoms with Gasteiger partial charge in [-0.3, -0.25) is 0 Å². The first-order valence-electron chi connectivity index (χ1n) is 5.97. The summed E-state index contributed by atoms with van der Waals surface area (Å²) >= 11 is 6.12. The normalized spacial score (nSPS) is 23.1. The lowest BCUT2D eigenvalue weighted by Crippen LogP contribution is -2.26. The third kappa shape index (κ3) is 2.71. The van der Waals surface area contributed by atoms with Gasteiger partial charge in [0, 0.05) is 0 Å². The Morgan fingerprint density at radius 2 is 2.17 bits per heavy atom. The van der Waals surface area contributed by atoms with Crippen LogP contribution in [0, 0.1) is 0 Å². The summed E-state index contributed by atoms with van der Waals surface area (Å²) in [5.41, 5.74) is 0.663. The third-order valence-corrected chi connectivity index (χ3v) is 3.44. The largest absolute Gasteiger partial charge is 0.493 e. The van der Waals surface area contributed by atoms with Crippen molar-refractivity contribution in [2.45, 2.75) is 38.1 Å². The second-order valence-electron chi connectivity index (χ2n) is 4.42. The number of methoxy groups -OCH3 is 1. The average Bonchev–Trinajstić information content (AvgIpc) is 2.77. The molecule has 1 aromatic carbocycles. The van der Waals surface area contributed by atoms with E-state index in [-0.39, 0.29) is 12.7 Å². The van der Waals surface area contributed by atoms with Crippen molar-refractivity contribution in [3.63, 3.8) is 0 Å². The maximum atomic E-state index is 9.76. The summed E-state index contributed by atoms with van der Waals surface area (Å²) in [6.45, 7) is -0.109. The van der Waals surface area contributed by atoms with Crippen LogP contribution in [0.2, 0.25) is 5.02 Å². The van der Waals surface area contributed by atoms with E-state index in [0.717, 1.165) is 19.3 Å². The molecular weight excluding hydrogens is 256 g/mol. The Morgan fingerprint density at radius 1 is 1.39 bits per heavy atom. The van der Waals surface area contributed by atoms with Crippen molar-refractivity contribution in [2.75, 3.05) is 7.11 Å².